The molecule has 0 aromatic carbocycles. The van der Waals surface area contributed by atoms with E-state index in [1.807, 2.05) is 0 Å². The first-order valence-corrected chi connectivity index (χ1v) is 6.78. The van der Waals surface area contributed by atoms with Gasteiger partial charge in [-0.1, -0.05) is 19.3 Å². The zero-order valence-corrected chi connectivity index (χ0v) is 10.4. The van der Waals surface area contributed by atoms with Gasteiger partial charge in [0.25, 0.3) is 0 Å². The van der Waals surface area contributed by atoms with Crippen LogP contribution in [0, 0.1) is 0 Å². The topological polar surface area (TPSA) is 62.1 Å². The lowest BCUT2D eigenvalue weighted by Crippen LogP contribution is -2.38. The third-order valence-electron chi connectivity index (χ3n) is 3.14. The highest BCUT2D eigenvalue weighted by molar-refractivity contribution is 4.71. The Morgan fingerprint density at radius 3 is 2.12 bits per heavy atom. The van der Waals surface area contributed by atoms with Gasteiger partial charge in [0, 0.05) is 45.3 Å². The molecule has 1 saturated carbocycles. The molecule has 0 bridgehead atoms. The molecular weight excluding hydrogens is 200 g/mol. The second-order valence-corrected chi connectivity index (χ2v) is 4.58. The lowest BCUT2D eigenvalue weighted by Gasteiger charge is -2.22. The number of hydrogen-bond acceptors (Lipinski definition) is 4. The summed E-state index contributed by atoms with van der Waals surface area (Å²) < 4.78 is 0. The summed E-state index contributed by atoms with van der Waals surface area (Å²) in [4.78, 5) is 0. The van der Waals surface area contributed by atoms with E-state index in [0.717, 1.165) is 45.3 Å². The van der Waals surface area contributed by atoms with Crippen molar-refractivity contribution in [2.45, 2.75) is 38.1 Å². The Morgan fingerprint density at radius 1 is 0.812 bits per heavy atom. The van der Waals surface area contributed by atoms with Gasteiger partial charge in [-0.15, -0.1) is 0 Å². The molecule has 0 radical (unpaired) electrons. The van der Waals surface area contributed by atoms with Crippen molar-refractivity contribution in [3.63, 3.8) is 0 Å². The Hall–Kier alpha value is -0.160. The molecule has 0 aromatic heterocycles. The average Bonchev–Trinajstić information content (AvgIpc) is 2.34. The van der Waals surface area contributed by atoms with Crippen LogP contribution in [-0.4, -0.2) is 45.3 Å². The fraction of sp³-hybridized carbons (Fsp3) is 1.00. The number of nitrogens with two attached hydrogens (primary N) is 1. The molecule has 1 rings (SSSR count). The largest absolute Gasteiger partial charge is 0.329 e. The molecule has 1 aliphatic rings. The average molecular weight is 228 g/mol. The lowest BCUT2D eigenvalue weighted by molar-refractivity contribution is 0.372. The fourth-order valence-corrected chi connectivity index (χ4v) is 2.20. The Kier molecular flexibility index (Phi) is 8.71. The summed E-state index contributed by atoms with van der Waals surface area (Å²) in [5.41, 5.74) is 5.38. The van der Waals surface area contributed by atoms with Crippen LogP contribution in [-0.2, 0) is 0 Å². The summed E-state index contributed by atoms with van der Waals surface area (Å²) in [7, 11) is 0. The highest BCUT2D eigenvalue weighted by Crippen LogP contribution is 2.16. The van der Waals surface area contributed by atoms with Gasteiger partial charge in [-0.2, -0.15) is 0 Å². The van der Waals surface area contributed by atoms with Crippen molar-refractivity contribution >= 4 is 0 Å². The smallest absolute Gasteiger partial charge is 0.00793 e. The van der Waals surface area contributed by atoms with Crippen LogP contribution >= 0.6 is 0 Å². The highest BCUT2D eigenvalue weighted by Gasteiger charge is 2.11. The second-order valence-electron chi connectivity index (χ2n) is 4.58. The van der Waals surface area contributed by atoms with Crippen LogP contribution < -0.4 is 21.7 Å². The van der Waals surface area contributed by atoms with E-state index in [1.165, 1.54) is 32.1 Å². The summed E-state index contributed by atoms with van der Waals surface area (Å²) in [5.74, 6) is 0. The number of nitrogens with one attached hydrogen (secondary N) is 3. The first-order chi connectivity index (χ1) is 7.93. The standard InChI is InChI=1S/C12H28N4/c13-6-7-14-8-9-15-10-11-16-12-4-2-1-3-5-12/h12,14-16H,1-11,13H2. The zero-order valence-electron chi connectivity index (χ0n) is 10.4. The molecule has 0 aliphatic heterocycles. The lowest BCUT2D eigenvalue weighted by atomic mass is 9.95. The van der Waals surface area contributed by atoms with Crippen molar-refractivity contribution in [3.05, 3.63) is 0 Å². The van der Waals surface area contributed by atoms with Gasteiger partial charge in [0.2, 0.25) is 0 Å². The van der Waals surface area contributed by atoms with Crippen LogP contribution in [0.15, 0.2) is 0 Å². The minimum absolute atomic E-state index is 0.725. The van der Waals surface area contributed by atoms with Gasteiger partial charge >= 0.3 is 0 Å². The number of rotatable bonds is 9. The Morgan fingerprint density at radius 2 is 1.44 bits per heavy atom. The van der Waals surface area contributed by atoms with E-state index in [-0.39, 0.29) is 0 Å². The van der Waals surface area contributed by atoms with Gasteiger partial charge in [-0.25, -0.2) is 0 Å². The van der Waals surface area contributed by atoms with E-state index < -0.39 is 0 Å². The zero-order chi connectivity index (χ0) is 11.5. The molecule has 0 heterocycles. The maximum absolute atomic E-state index is 5.38. The van der Waals surface area contributed by atoms with Crippen LogP contribution in [0.2, 0.25) is 0 Å². The van der Waals surface area contributed by atoms with Crippen LogP contribution in [0.4, 0.5) is 0 Å². The Balaban J connectivity index is 1.77. The predicted molar refractivity (Wildman–Crippen MR) is 69.7 cm³/mol. The van der Waals surface area contributed by atoms with Crippen molar-refractivity contribution in [3.8, 4) is 0 Å². The Labute approximate surface area is 99.7 Å². The molecule has 0 aromatic rings. The van der Waals surface area contributed by atoms with E-state index in [1.54, 1.807) is 0 Å². The quantitative estimate of drug-likeness (QED) is 0.421. The van der Waals surface area contributed by atoms with Gasteiger partial charge in [0.1, 0.15) is 0 Å². The maximum Gasteiger partial charge on any atom is 0.00793 e. The van der Waals surface area contributed by atoms with Crippen molar-refractivity contribution in [1.29, 1.82) is 0 Å². The third kappa shape index (κ3) is 7.17. The fourth-order valence-electron chi connectivity index (χ4n) is 2.20. The third-order valence-corrected chi connectivity index (χ3v) is 3.14. The molecule has 4 heteroatoms. The van der Waals surface area contributed by atoms with Crippen LogP contribution in [0.5, 0.6) is 0 Å². The van der Waals surface area contributed by atoms with E-state index in [0.29, 0.717) is 0 Å². The number of hydrogen-bond donors (Lipinski definition) is 4. The summed E-state index contributed by atoms with van der Waals surface area (Å²) in [6, 6.07) is 0.783. The summed E-state index contributed by atoms with van der Waals surface area (Å²) >= 11 is 0. The van der Waals surface area contributed by atoms with E-state index >= 15 is 0 Å². The first kappa shape index (κ1) is 13.9. The second kappa shape index (κ2) is 10.0. The van der Waals surface area contributed by atoms with Crippen molar-refractivity contribution in [2.75, 3.05) is 39.3 Å². The molecular formula is C12H28N4. The summed E-state index contributed by atoms with van der Waals surface area (Å²) in [6.07, 6.45) is 7.00. The van der Waals surface area contributed by atoms with Crippen molar-refractivity contribution in [1.82, 2.24) is 16.0 Å². The Bertz CT molecular complexity index is 146. The van der Waals surface area contributed by atoms with Crippen LogP contribution in [0.3, 0.4) is 0 Å². The minimum atomic E-state index is 0.725. The van der Waals surface area contributed by atoms with Crippen LogP contribution in [0.25, 0.3) is 0 Å². The molecule has 0 amide bonds. The molecule has 0 atom stereocenters. The molecule has 0 saturated heterocycles. The highest BCUT2D eigenvalue weighted by atomic mass is 15.0. The van der Waals surface area contributed by atoms with Gasteiger partial charge in [0.05, 0.1) is 0 Å². The van der Waals surface area contributed by atoms with Gasteiger partial charge in [-0.05, 0) is 12.8 Å². The monoisotopic (exact) mass is 228 g/mol. The summed E-state index contributed by atoms with van der Waals surface area (Å²) in [6.45, 7) is 5.86. The van der Waals surface area contributed by atoms with Crippen molar-refractivity contribution in [2.24, 2.45) is 5.73 Å². The SMILES string of the molecule is NCCNCCNCCNC1CCCCC1. The molecule has 0 unspecified atom stereocenters. The van der Waals surface area contributed by atoms with E-state index in [2.05, 4.69) is 16.0 Å². The molecule has 0 spiro atoms. The molecule has 4 nitrogen and oxygen atoms in total. The molecule has 1 fully saturated rings. The minimum Gasteiger partial charge on any atom is -0.329 e. The van der Waals surface area contributed by atoms with E-state index in [9.17, 15) is 0 Å². The predicted octanol–water partition coefficient (Wildman–Crippen LogP) is 0.0466. The van der Waals surface area contributed by atoms with Gasteiger partial charge in [0.15, 0.2) is 0 Å². The molecule has 5 N–H and O–H groups in total. The van der Waals surface area contributed by atoms with Gasteiger partial charge in [-0.3, -0.25) is 0 Å². The van der Waals surface area contributed by atoms with Crippen LogP contribution in [0.1, 0.15) is 32.1 Å². The van der Waals surface area contributed by atoms with Crippen molar-refractivity contribution < 1.29 is 0 Å². The molecule has 96 valence electrons. The first-order valence-electron chi connectivity index (χ1n) is 6.78. The normalized spacial score (nSPS) is 17.8. The molecule has 16 heavy (non-hydrogen) atoms. The van der Waals surface area contributed by atoms with Gasteiger partial charge < -0.3 is 21.7 Å². The summed E-state index contributed by atoms with van der Waals surface area (Å²) in [5, 5.41) is 10.3. The maximum atomic E-state index is 5.38. The van der Waals surface area contributed by atoms with E-state index in [4.69, 9.17) is 5.73 Å². The molecule has 1 aliphatic carbocycles.